The number of thiazole rings is 1. The van der Waals surface area contributed by atoms with Crippen LogP contribution < -0.4 is 16.6 Å². The van der Waals surface area contributed by atoms with Crippen molar-refractivity contribution in [3.63, 3.8) is 0 Å². The maximum atomic E-state index is 11.5. The minimum absolute atomic E-state index is 0.0143. The van der Waals surface area contributed by atoms with E-state index in [0.29, 0.717) is 24.6 Å². The summed E-state index contributed by atoms with van der Waals surface area (Å²) in [5, 5.41) is 4.91. The summed E-state index contributed by atoms with van der Waals surface area (Å²) in [7, 11) is 1.83. The van der Waals surface area contributed by atoms with Gasteiger partial charge in [0.2, 0.25) is 5.91 Å². The van der Waals surface area contributed by atoms with Crippen molar-refractivity contribution in [1.29, 1.82) is 0 Å². The molecule has 19 heavy (non-hydrogen) atoms. The normalized spacial score (nSPS) is 10.5. The van der Waals surface area contributed by atoms with Crippen molar-refractivity contribution in [3.8, 4) is 0 Å². The third-order valence-electron chi connectivity index (χ3n) is 2.29. The van der Waals surface area contributed by atoms with E-state index < -0.39 is 5.91 Å². The zero-order chi connectivity index (χ0) is 14.3. The first-order chi connectivity index (χ1) is 9.06. The second-order valence-corrected chi connectivity index (χ2v) is 5.00. The smallest absolute Gasteiger partial charge is 0.294 e. The number of nitrogens with zero attached hydrogens (tertiary/aromatic N) is 2. The van der Waals surface area contributed by atoms with Crippen LogP contribution in [0.4, 0.5) is 0 Å². The van der Waals surface area contributed by atoms with Gasteiger partial charge in [0.05, 0.1) is 12.2 Å². The van der Waals surface area contributed by atoms with Crippen LogP contribution in [0.3, 0.4) is 0 Å². The van der Waals surface area contributed by atoms with Gasteiger partial charge in [-0.25, -0.2) is 10.8 Å². The Bertz CT molecular complexity index is 434. The fourth-order valence-corrected chi connectivity index (χ4v) is 2.15. The standard InChI is InChI=1S/C11H19N5O2S/c1-3-4-13-9(17)6-16(2)5-8-7-19-11(14-8)10(18)15-12/h7H,3-6,12H2,1-2H3,(H,13,17)(H,15,18). The molecule has 8 heteroatoms. The van der Waals surface area contributed by atoms with Crippen LogP contribution in [-0.4, -0.2) is 41.8 Å². The summed E-state index contributed by atoms with van der Waals surface area (Å²) in [6.07, 6.45) is 0.916. The number of amides is 2. The molecule has 7 nitrogen and oxygen atoms in total. The van der Waals surface area contributed by atoms with E-state index >= 15 is 0 Å². The molecular weight excluding hydrogens is 266 g/mol. The SMILES string of the molecule is CCCNC(=O)CN(C)Cc1csc(C(=O)NN)n1. The highest BCUT2D eigenvalue weighted by atomic mass is 32.1. The van der Waals surface area contributed by atoms with Crippen LogP contribution in [0, 0.1) is 0 Å². The molecule has 1 heterocycles. The average Bonchev–Trinajstić information content (AvgIpc) is 2.83. The second-order valence-electron chi connectivity index (χ2n) is 4.14. The lowest BCUT2D eigenvalue weighted by Crippen LogP contribution is -2.35. The topological polar surface area (TPSA) is 100 Å². The zero-order valence-electron chi connectivity index (χ0n) is 11.1. The Morgan fingerprint density at radius 3 is 2.89 bits per heavy atom. The average molecular weight is 285 g/mol. The van der Waals surface area contributed by atoms with Crippen molar-refractivity contribution in [2.24, 2.45) is 5.84 Å². The minimum Gasteiger partial charge on any atom is -0.355 e. The van der Waals surface area contributed by atoms with Gasteiger partial charge in [0.1, 0.15) is 0 Å². The molecule has 0 aliphatic heterocycles. The van der Waals surface area contributed by atoms with Gasteiger partial charge in [-0.2, -0.15) is 0 Å². The molecule has 4 N–H and O–H groups in total. The minimum atomic E-state index is -0.403. The van der Waals surface area contributed by atoms with Gasteiger partial charge in [-0.15, -0.1) is 11.3 Å². The molecular formula is C11H19N5O2S. The predicted molar refractivity (Wildman–Crippen MR) is 73.4 cm³/mol. The Balaban J connectivity index is 2.43. The number of hydrogen-bond donors (Lipinski definition) is 3. The van der Waals surface area contributed by atoms with Crippen LogP contribution in [0.15, 0.2) is 5.38 Å². The fourth-order valence-electron chi connectivity index (χ4n) is 1.44. The van der Waals surface area contributed by atoms with E-state index in [9.17, 15) is 9.59 Å². The third-order valence-corrected chi connectivity index (χ3v) is 3.18. The predicted octanol–water partition coefficient (Wildman–Crippen LogP) is -0.295. The van der Waals surface area contributed by atoms with E-state index in [-0.39, 0.29) is 5.91 Å². The van der Waals surface area contributed by atoms with Gasteiger partial charge >= 0.3 is 0 Å². The number of likely N-dealkylation sites (N-methyl/N-ethyl adjacent to an activating group) is 1. The van der Waals surface area contributed by atoms with E-state index in [1.807, 2.05) is 24.3 Å². The number of nitrogens with one attached hydrogen (secondary N) is 2. The summed E-state index contributed by atoms with van der Waals surface area (Å²) in [4.78, 5) is 28.7. The first-order valence-corrected chi connectivity index (χ1v) is 6.85. The molecule has 0 aromatic carbocycles. The summed E-state index contributed by atoms with van der Waals surface area (Å²) in [6, 6.07) is 0. The Kier molecular flexibility index (Phi) is 6.40. The molecule has 106 valence electrons. The molecule has 1 aromatic rings. The quantitative estimate of drug-likeness (QED) is 0.363. The second kappa shape index (κ2) is 7.82. The van der Waals surface area contributed by atoms with E-state index in [1.165, 1.54) is 11.3 Å². The zero-order valence-corrected chi connectivity index (χ0v) is 11.9. The Morgan fingerprint density at radius 1 is 1.53 bits per heavy atom. The highest BCUT2D eigenvalue weighted by Gasteiger charge is 2.12. The first-order valence-electron chi connectivity index (χ1n) is 5.97. The molecule has 0 saturated carbocycles. The molecule has 2 amide bonds. The molecule has 0 aliphatic rings. The van der Waals surface area contributed by atoms with Crippen molar-refractivity contribution in [3.05, 3.63) is 16.1 Å². The van der Waals surface area contributed by atoms with Gasteiger partial charge in [-0.3, -0.25) is 19.9 Å². The summed E-state index contributed by atoms with van der Waals surface area (Å²) in [5.41, 5.74) is 2.78. The number of hydrogen-bond acceptors (Lipinski definition) is 6. The number of nitrogen functional groups attached to an aromatic ring is 1. The van der Waals surface area contributed by atoms with Gasteiger partial charge in [0.25, 0.3) is 5.91 Å². The summed E-state index contributed by atoms with van der Waals surface area (Å²) < 4.78 is 0. The highest BCUT2D eigenvalue weighted by Crippen LogP contribution is 2.10. The molecule has 0 radical (unpaired) electrons. The lowest BCUT2D eigenvalue weighted by atomic mass is 10.4. The number of carbonyl (C=O) groups excluding carboxylic acids is 2. The number of carbonyl (C=O) groups is 2. The van der Waals surface area contributed by atoms with E-state index in [2.05, 4.69) is 10.3 Å². The number of aromatic nitrogens is 1. The molecule has 0 spiro atoms. The highest BCUT2D eigenvalue weighted by molar-refractivity contribution is 7.11. The van der Waals surface area contributed by atoms with Crippen molar-refractivity contribution < 1.29 is 9.59 Å². The molecule has 0 fully saturated rings. The lowest BCUT2D eigenvalue weighted by Gasteiger charge is -2.14. The first kappa shape index (κ1) is 15.5. The molecule has 0 unspecified atom stereocenters. The van der Waals surface area contributed by atoms with Gasteiger partial charge < -0.3 is 5.32 Å². The number of nitrogens with two attached hydrogens (primary N) is 1. The van der Waals surface area contributed by atoms with Crippen LogP contribution in [0.2, 0.25) is 0 Å². The van der Waals surface area contributed by atoms with Gasteiger partial charge in [-0.05, 0) is 13.5 Å². The summed E-state index contributed by atoms with van der Waals surface area (Å²) in [5.74, 6) is 4.61. The lowest BCUT2D eigenvalue weighted by molar-refractivity contribution is -0.122. The van der Waals surface area contributed by atoms with Crippen LogP contribution in [0.1, 0.15) is 28.8 Å². The van der Waals surface area contributed by atoms with Crippen LogP contribution in [-0.2, 0) is 11.3 Å². The summed E-state index contributed by atoms with van der Waals surface area (Å²) >= 11 is 1.23. The molecule has 1 rings (SSSR count). The monoisotopic (exact) mass is 285 g/mol. The Morgan fingerprint density at radius 2 is 2.26 bits per heavy atom. The van der Waals surface area contributed by atoms with Gasteiger partial charge in [0.15, 0.2) is 5.01 Å². The molecule has 0 saturated heterocycles. The van der Waals surface area contributed by atoms with Crippen molar-refractivity contribution in [2.45, 2.75) is 19.9 Å². The molecule has 1 aromatic heterocycles. The third kappa shape index (κ3) is 5.33. The van der Waals surface area contributed by atoms with E-state index in [1.54, 1.807) is 5.38 Å². The Labute approximate surface area is 116 Å². The number of hydrazine groups is 1. The van der Waals surface area contributed by atoms with Crippen LogP contribution in [0.5, 0.6) is 0 Å². The molecule has 0 bridgehead atoms. The largest absolute Gasteiger partial charge is 0.355 e. The van der Waals surface area contributed by atoms with Crippen LogP contribution in [0.25, 0.3) is 0 Å². The van der Waals surface area contributed by atoms with Crippen molar-refractivity contribution in [1.82, 2.24) is 20.6 Å². The maximum Gasteiger partial charge on any atom is 0.294 e. The molecule has 0 atom stereocenters. The van der Waals surface area contributed by atoms with Crippen molar-refractivity contribution in [2.75, 3.05) is 20.1 Å². The Hall–Kier alpha value is -1.51. The van der Waals surface area contributed by atoms with Gasteiger partial charge in [0, 0.05) is 18.5 Å². The van der Waals surface area contributed by atoms with E-state index in [0.717, 1.165) is 12.1 Å². The summed E-state index contributed by atoms with van der Waals surface area (Å²) in [6.45, 7) is 3.50. The van der Waals surface area contributed by atoms with Crippen LogP contribution >= 0.6 is 11.3 Å². The molecule has 0 aliphatic carbocycles. The van der Waals surface area contributed by atoms with Crippen molar-refractivity contribution >= 4 is 23.2 Å². The maximum absolute atomic E-state index is 11.5. The van der Waals surface area contributed by atoms with E-state index in [4.69, 9.17) is 5.84 Å². The van der Waals surface area contributed by atoms with Gasteiger partial charge in [-0.1, -0.05) is 6.92 Å². The fraction of sp³-hybridized carbons (Fsp3) is 0.545. The number of rotatable bonds is 7.